The maximum absolute atomic E-state index is 12.3. The van der Waals surface area contributed by atoms with Crippen LogP contribution in [0, 0.1) is 5.92 Å². The molecule has 2 N–H and O–H groups in total. The molecule has 1 aromatic rings. The first-order valence-electron chi connectivity index (χ1n) is 5.96. The summed E-state index contributed by atoms with van der Waals surface area (Å²) in [6.07, 6.45) is -3.22. The number of nitrogens with two attached hydrogens (primary N) is 1. The van der Waals surface area contributed by atoms with Crippen LogP contribution >= 0.6 is 0 Å². The smallest absolute Gasteiger partial charge is 0.452 e. The first-order valence-corrected chi connectivity index (χ1v) is 5.96. The van der Waals surface area contributed by atoms with Crippen molar-refractivity contribution < 1.29 is 27.2 Å². The van der Waals surface area contributed by atoms with Gasteiger partial charge >= 0.3 is 6.18 Å². The molecule has 0 aliphatic heterocycles. The largest absolute Gasteiger partial charge is 0.472 e. The third-order valence-corrected chi connectivity index (χ3v) is 3.25. The molecule has 0 saturated heterocycles. The van der Waals surface area contributed by atoms with E-state index in [9.17, 15) is 18.0 Å². The van der Waals surface area contributed by atoms with Gasteiger partial charge in [0.1, 0.15) is 6.10 Å². The summed E-state index contributed by atoms with van der Waals surface area (Å²) in [6.45, 7) is 3.60. The fourth-order valence-corrected chi connectivity index (χ4v) is 2.18. The van der Waals surface area contributed by atoms with Crippen molar-refractivity contribution in [2.75, 3.05) is 0 Å². The molecule has 1 saturated carbocycles. The summed E-state index contributed by atoms with van der Waals surface area (Å²) in [5.74, 6) is -2.10. The Bertz CT molecular complexity index is 524. The van der Waals surface area contributed by atoms with Crippen LogP contribution in [-0.2, 0) is 11.0 Å². The SMILES string of the molecule is C=C(C(N)=O)C1CCC(Oc2cc(C(F)(F)F)on2)C1. The van der Waals surface area contributed by atoms with E-state index >= 15 is 0 Å². The molecule has 1 aliphatic carbocycles. The summed E-state index contributed by atoms with van der Waals surface area (Å²) in [5.41, 5.74) is 5.45. The predicted molar refractivity (Wildman–Crippen MR) is 61.6 cm³/mol. The number of carbonyl (C=O) groups is 1. The van der Waals surface area contributed by atoms with Gasteiger partial charge in [0.25, 0.3) is 5.88 Å². The van der Waals surface area contributed by atoms with Crippen LogP contribution in [0.1, 0.15) is 25.0 Å². The van der Waals surface area contributed by atoms with E-state index in [0.29, 0.717) is 30.9 Å². The van der Waals surface area contributed by atoms with Gasteiger partial charge in [0, 0.05) is 5.57 Å². The van der Waals surface area contributed by atoms with Gasteiger partial charge in [-0.2, -0.15) is 13.2 Å². The predicted octanol–water partition coefficient (Wildman–Crippen LogP) is 2.28. The molecule has 8 heteroatoms. The summed E-state index contributed by atoms with van der Waals surface area (Å²) in [5, 5.41) is 3.22. The molecular formula is C12H13F3N2O3. The van der Waals surface area contributed by atoms with Crippen molar-refractivity contribution in [3.05, 3.63) is 24.0 Å². The lowest BCUT2D eigenvalue weighted by atomic mass is 9.98. The molecule has 0 spiro atoms. The van der Waals surface area contributed by atoms with Crippen LogP contribution < -0.4 is 10.5 Å². The molecule has 1 aromatic heterocycles. The van der Waals surface area contributed by atoms with Crippen LogP contribution in [0.15, 0.2) is 22.7 Å². The zero-order chi connectivity index (χ0) is 14.9. The van der Waals surface area contributed by atoms with E-state index in [0.717, 1.165) is 0 Å². The van der Waals surface area contributed by atoms with Crippen molar-refractivity contribution in [2.24, 2.45) is 11.7 Å². The van der Waals surface area contributed by atoms with Crippen LogP contribution in [0.5, 0.6) is 5.88 Å². The Kier molecular flexibility index (Phi) is 3.74. The number of primary amides is 1. The second kappa shape index (κ2) is 5.18. The summed E-state index contributed by atoms with van der Waals surface area (Å²) in [4.78, 5) is 11.0. The standard InChI is InChI=1S/C12H13F3N2O3/c1-6(11(16)18)7-2-3-8(4-7)19-10-5-9(20-17-10)12(13,14)15/h5,7-8H,1-4H2,(H2,16,18). The lowest BCUT2D eigenvalue weighted by Gasteiger charge is -2.12. The average Bonchev–Trinajstić information content (AvgIpc) is 2.96. The monoisotopic (exact) mass is 290 g/mol. The number of alkyl halides is 3. The van der Waals surface area contributed by atoms with E-state index in [1.54, 1.807) is 0 Å². The average molecular weight is 290 g/mol. The minimum Gasteiger partial charge on any atom is -0.472 e. The van der Waals surface area contributed by atoms with Gasteiger partial charge in [-0.25, -0.2) is 0 Å². The lowest BCUT2D eigenvalue weighted by molar-refractivity contribution is -0.155. The maximum atomic E-state index is 12.3. The third-order valence-electron chi connectivity index (χ3n) is 3.25. The number of rotatable bonds is 4. The molecular weight excluding hydrogens is 277 g/mol. The van der Waals surface area contributed by atoms with Gasteiger partial charge in [-0.3, -0.25) is 4.79 Å². The Hall–Kier alpha value is -1.99. The molecule has 110 valence electrons. The first kappa shape index (κ1) is 14.4. The van der Waals surface area contributed by atoms with E-state index < -0.39 is 17.8 Å². The third kappa shape index (κ3) is 3.12. The fourth-order valence-electron chi connectivity index (χ4n) is 2.18. The van der Waals surface area contributed by atoms with E-state index in [1.807, 2.05) is 0 Å². The van der Waals surface area contributed by atoms with Gasteiger partial charge in [-0.05, 0) is 30.3 Å². The van der Waals surface area contributed by atoms with Crippen molar-refractivity contribution >= 4 is 5.91 Å². The van der Waals surface area contributed by atoms with Gasteiger partial charge in [-0.1, -0.05) is 6.58 Å². The molecule has 0 radical (unpaired) electrons. The van der Waals surface area contributed by atoms with Gasteiger partial charge in [-0.15, -0.1) is 0 Å². The molecule has 1 fully saturated rings. The number of hydrogen-bond acceptors (Lipinski definition) is 4. The molecule has 0 aromatic carbocycles. The number of hydrogen-bond donors (Lipinski definition) is 1. The number of ether oxygens (including phenoxy) is 1. The van der Waals surface area contributed by atoms with Crippen molar-refractivity contribution in [3.8, 4) is 5.88 Å². The van der Waals surface area contributed by atoms with E-state index in [2.05, 4.69) is 16.3 Å². The molecule has 2 rings (SSSR count). The Morgan fingerprint density at radius 2 is 2.20 bits per heavy atom. The normalized spacial score (nSPS) is 22.8. The van der Waals surface area contributed by atoms with Crippen molar-refractivity contribution in [3.63, 3.8) is 0 Å². The van der Waals surface area contributed by atoms with Crippen LogP contribution in [0.3, 0.4) is 0 Å². The highest BCUT2D eigenvalue weighted by Gasteiger charge is 2.37. The number of carbonyl (C=O) groups excluding carboxylic acids is 1. The molecule has 0 bridgehead atoms. The Morgan fingerprint density at radius 1 is 1.50 bits per heavy atom. The van der Waals surface area contributed by atoms with Crippen LogP contribution in [0.4, 0.5) is 13.2 Å². The van der Waals surface area contributed by atoms with E-state index in [-0.39, 0.29) is 17.9 Å². The molecule has 1 heterocycles. The highest BCUT2D eigenvalue weighted by atomic mass is 19.4. The minimum absolute atomic E-state index is 0.105. The van der Waals surface area contributed by atoms with Crippen molar-refractivity contribution in [2.45, 2.75) is 31.5 Å². The first-order chi connectivity index (χ1) is 9.27. The molecule has 2 unspecified atom stereocenters. The Balaban J connectivity index is 1.94. The maximum Gasteiger partial charge on any atom is 0.452 e. The van der Waals surface area contributed by atoms with E-state index in [4.69, 9.17) is 10.5 Å². The van der Waals surface area contributed by atoms with Crippen LogP contribution in [0.2, 0.25) is 0 Å². The minimum atomic E-state index is -4.59. The fraction of sp³-hybridized carbons (Fsp3) is 0.500. The lowest BCUT2D eigenvalue weighted by Crippen LogP contribution is -2.19. The molecule has 1 amide bonds. The van der Waals surface area contributed by atoms with Crippen LogP contribution in [-0.4, -0.2) is 17.2 Å². The van der Waals surface area contributed by atoms with Gasteiger partial charge in [0.05, 0.1) is 6.07 Å². The number of amides is 1. The number of halogens is 3. The van der Waals surface area contributed by atoms with E-state index in [1.165, 1.54) is 0 Å². The summed E-state index contributed by atoms with van der Waals surface area (Å²) >= 11 is 0. The summed E-state index contributed by atoms with van der Waals surface area (Å²) < 4.78 is 46.4. The quantitative estimate of drug-likeness (QED) is 0.863. The molecule has 20 heavy (non-hydrogen) atoms. The number of aromatic nitrogens is 1. The Labute approximate surface area is 112 Å². The number of nitrogens with zero attached hydrogens (tertiary/aromatic N) is 1. The molecule has 2 atom stereocenters. The summed E-state index contributed by atoms with van der Waals surface area (Å²) in [6, 6.07) is 0.705. The van der Waals surface area contributed by atoms with Crippen molar-refractivity contribution in [1.29, 1.82) is 0 Å². The summed E-state index contributed by atoms with van der Waals surface area (Å²) in [7, 11) is 0. The highest BCUT2D eigenvalue weighted by Crippen LogP contribution is 2.35. The zero-order valence-corrected chi connectivity index (χ0v) is 10.4. The second-order valence-electron chi connectivity index (χ2n) is 4.67. The van der Waals surface area contributed by atoms with Gasteiger partial charge < -0.3 is 15.0 Å². The van der Waals surface area contributed by atoms with Crippen molar-refractivity contribution in [1.82, 2.24) is 5.16 Å². The zero-order valence-electron chi connectivity index (χ0n) is 10.4. The molecule has 5 nitrogen and oxygen atoms in total. The Morgan fingerprint density at radius 3 is 2.75 bits per heavy atom. The highest BCUT2D eigenvalue weighted by molar-refractivity contribution is 5.91. The topological polar surface area (TPSA) is 78.4 Å². The van der Waals surface area contributed by atoms with Gasteiger partial charge in [0.15, 0.2) is 0 Å². The second-order valence-corrected chi connectivity index (χ2v) is 4.67. The molecule has 1 aliphatic rings. The van der Waals surface area contributed by atoms with Gasteiger partial charge in [0.2, 0.25) is 11.7 Å². The van der Waals surface area contributed by atoms with Crippen LogP contribution in [0.25, 0.3) is 0 Å².